The zero-order valence-electron chi connectivity index (χ0n) is 20.0. The lowest BCUT2D eigenvalue weighted by atomic mass is 10.0. The van der Waals surface area contributed by atoms with Gasteiger partial charge in [0.05, 0.1) is 13.0 Å². The molecule has 1 aliphatic carbocycles. The molecule has 1 saturated carbocycles. The number of benzene rings is 3. The second-order valence-corrected chi connectivity index (χ2v) is 9.78. The predicted octanol–water partition coefficient (Wildman–Crippen LogP) is 5.65. The number of ether oxygens (including phenoxy) is 2. The first-order valence-electron chi connectivity index (χ1n) is 12.3. The summed E-state index contributed by atoms with van der Waals surface area (Å²) in [4.78, 5) is 27.8. The molecule has 1 fully saturated rings. The Morgan fingerprint density at radius 2 is 1.64 bits per heavy atom. The highest BCUT2D eigenvalue weighted by molar-refractivity contribution is 6.30. The van der Waals surface area contributed by atoms with Crippen molar-refractivity contribution in [2.75, 3.05) is 11.7 Å². The van der Waals surface area contributed by atoms with Gasteiger partial charge in [-0.25, -0.2) is 0 Å². The standard InChI is InChI=1S/C29H29ClN2O4/c30-24-7-3-4-22(14-24)18-32(29(34)23-5-1-2-6-23)25-11-8-20(9-12-25)16-28(33)31-17-21-10-13-26-27(15-21)36-19-35-26/h3-4,7-15,23H,1-2,5-6,16-19H2,(H,31,33). The SMILES string of the molecule is O=C(Cc1ccc(N(Cc2cccc(Cl)c2)C(=O)C2CCCC2)cc1)NCc1ccc2c(c1)OCO2. The van der Waals surface area contributed by atoms with E-state index in [-0.39, 0.29) is 30.9 Å². The fourth-order valence-electron chi connectivity index (χ4n) is 4.80. The molecule has 0 radical (unpaired) electrons. The number of carbonyl (C=O) groups is 2. The van der Waals surface area contributed by atoms with Gasteiger partial charge in [-0.2, -0.15) is 0 Å². The molecular formula is C29H29ClN2O4. The van der Waals surface area contributed by atoms with Gasteiger partial charge in [0.1, 0.15) is 0 Å². The lowest BCUT2D eigenvalue weighted by Crippen LogP contribution is -2.35. The number of rotatable bonds is 8. The van der Waals surface area contributed by atoms with Crippen molar-refractivity contribution < 1.29 is 19.1 Å². The van der Waals surface area contributed by atoms with Crippen LogP contribution in [0.2, 0.25) is 5.02 Å². The van der Waals surface area contributed by atoms with Gasteiger partial charge in [0, 0.05) is 23.2 Å². The van der Waals surface area contributed by atoms with Gasteiger partial charge in [-0.1, -0.05) is 54.8 Å². The number of amides is 2. The number of hydrogen-bond acceptors (Lipinski definition) is 4. The molecule has 3 aromatic carbocycles. The van der Waals surface area contributed by atoms with Crippen LogP contribution in [0.3, 0.4) is 0 Å². The van der Waals surface area contributed by atoms with E-state index in [4.69, 9.17) is 21.1 Å². The van der Waals surface area contributed by atoms with Crippen molar-refractivity contribution in [3.63, 3.8) is 0 Å². The van der Waals surface area contributed by atoms with Crippen molar-refractivity contribution >= 4 is 29.1 Å². The Morgan fingerprint density at radius 1 is 0.889 bits per heavy atom. The van der Waals surface area contributed by atoms with Crippen LogP contribution in [0.4, 0.5) is 5.69 Å². The average molecular weight is 505 g/mol. The van der Waals surface area contributed by atoms with Crippen LogP contribution >= 0.6 is 11.6 Å². The lowest BCUT2D eigenvalue weighted by Gasteiger charge is -2.26. The van der Waals surface area contributed by atoms with E-state index in [0.717, 1.165) is 53.8 Å². The van der Waals surface area contributed by atoms with Gasteiger partial charge in [0.25, 0.3) is 0 Å². The molecule has 0 spiro atoms. The van der Waals surface area contributed by atoms with E-state index in [1.54, 1.807) is 0 Å². The maximum Gasteiger partial charge on any atom is 0.231 e. The second kappa shape index (κ2) is 11.0. The summed E-state index contributed by atoms with van der Waals surface area (Å²) in [6.45, 7) is 1.10. The third kappa shape index (κ3) is 5.82. The van der Waals surface area contributed by atoms with Gasteiger partial charge >= 0.3 is 0 Å². The first-order chi connectivity index (χ1) is 17.5. The zero-order chi connectivity index (χ0) is 24.9. The topological polar surface area (TPSA) is 67.9 Å². The first kappa shape index (κ1) is 24.2. The fraction of sp³-hybridized carbons (Fsp3) is 0.310. The van der Waals surface area contributed by atoms with E-state index in [1.807, 2.05) is 71.6 Å². The average Bonchev–Trinajstić information content (AvgIpc) is 3.58. The summed E-state index contributed by atoms with van der Waals surface area (Å²) in [5, 5.41) is 3.61. The van der Waals surface area contributed by atoms with Crippen LogP contribution < -0.4 is 19.7 Å². The van der Waals surface area contributed by atoms with E-state index in [2.05, 4.69) is 5.32 Å². The minimum absolute atomic E-state index is 0.0609. The summed E-state index contributed by atoms with van der Waals surface area (Å²) in [6, 6.07) is 21.0. The number of nitrogens with zero attached hydrogens (tertiary/aromatic N) is 1. The van der Waals surface area contributed by atoms with E-state index >= 15 is 0 Å². The van der Waals surface area contributed by atoms with Crippen LogP contribution in [-0.2, 0) is 29.1 Å². The summed E-state index contributed by atoms with van der Waals surface area (Å²) in [7, 11) is 0. The normalized spacial score (nSPS) is 14.6. The molecule has 1 N–H and O–H groups in total. The summed E-state index contributed by atoms with van der Waals surface area (Å²) in [5.74, 6) is 1.57. The Kier molecular flexibility index (Phi) is 7.42. The van der Waals surface area contributed by atoms with Crippen molar-refractivity contribution in [2.45, 2.75) is 45.2 Å². The summed E-state index contributed by atoms with van der Waals surface area (Å²) >= 11 is 6.19. The molecule has 3 aromatic rings. The monoisotopic (exact) mass is 504 g/mol. The van der Waals surface area contributed by atoms with Crippen LogP contribution in [0, 0.1) is 5.92 Å². The minimum Gasteiger partial charge on any atom is -0.454 e. The smallest absolute Gasteiger partial charge is 0.231 e. The number of anilines is 1. The van der Waals surface area contributed by atoms with Crippen molar-refractivity contribution in [3.8, 4) is 11.5 Å². The fourth-order valence-corrected chi connectivity index (χ4v) is 5.01. The van der Waals surface area contributed by atoms with Crippen molar-refractivity contribution in [1.29, 1.82) is 0 Å². The van der Waals surface area contributed by atoms with E-state index in [1.165, 1.54) is 0 Å². The van der Waals surface area contributed by atoms with Crippen molar-refractivity contribution in [2.24, 2.45) is 5.92 Å². The number of halogens is 1. The molecule has 0 bridgehead atoms. The van der Waals surface area contributed by atoms with E-state index in [9.17, 15) is 9.59 Å². The molecule has 5 rings (SSSR count). The molecule has 2 amide bonds. The molecule has 6 nitrogen and oxygen atoms in total. The van der Waals surface area contributed by atoms with Gasteiger partial charge in [0.15, 0.2) is 11.5 Å². The maximum absolute atomic E-state index is 13.4. The molecule has 0 saturated heterocycles. The first-order valence-corrected chi connectivity index (χ1v) is 12.7. The molecule has 36 heavy (non-hydrogen) atoms. The summed E-state index contributed by atoms with van der Waals surface area (Å²) in [6.07, 6.45) is 4.33. The van der Waals surface area contributed by atoms with Crippen LogP contribution in [0.25, 0.3) is 0 Å². The molecule has 0 unspecified atom stereocenters. The number of carbonyl (C=O) groups excluding carboxylic acids is 2. The highest BCUT2D eigenvalue weighted by Crippen LogP contribution is 2.32. The lowest BCUT2D eigenvalue weighted by molar-refractivity contribution is -0.122. The third-order valence-electron chi connectivity index (χ3n) is 6.74. The van der Waals surface area contributed by atoms with Gasteiger partial charge in [0.2, 0.25) is 18.6 Å². The van der Waals surface area contributed by atoms with E-state index < -0.39 is 0 Å². The van der Waals surface area contributed by atoms with Crippen LogP contribution in [0.5, 0.6) is 11.5 Å². The molecule has 186 valence electrons. The van der Waals surface area contributed by atoms with Crippen LogP contribution in [0.15, 0.2) is 66.7 Å². The molecule has 0 aromatic heterocycles. The van der Waals surface area contributed by atoms with Gasteiger partial charge in [-0.3, -0.25) is 9.59 Å². The predicted molar refractivity (Wildman–Crippen MR) is 139 cm³/mol. The van der Waals surface area contributed by atoms with Crippen molar-refractivity contribution in [1.82, 2.24) is 5.32 Å². The molecule has 7 heteroatoms. The van der Waals surface area contributed by atoms with Crippen LogP contribution in [-0.4, -0.2) is 18.6 Å². The molecular weight excluding hydrogens is 476 g/mol. The quantitative estimate of drug-likeness (QED) is 0.430. The number of fused-ring (bicyclic) bond motifs is 1. The zero-order valence-corrected chi connectivity index (χ0v) is 20.8. The highest BCUT2D eigenvalue weighted by Gasteiger charge is 2.28. The molecule has 1 heterocycles. The van der Waals surface area contributed by atoms with Gasteiger partial charge in [-0.15, -0.1) is 0 Å². The Morgan fingerprint density at radius 3 is 2.42 bits per heavy atom. The van der Waals surface area contributed by atoms with Gasteiger partial charge in [-0.05, 0) is 65.9 Å². The Balaban J connectivity index is 1.23. The summed E-state index contributed by atoms with van der Waals surface area (Å²) < 4.78 is 10.7. The summed E-state index contributed by atoms with van der Waals surface area (Å²) in [5.41, 5.74) is 3.65. The molecule has 0 atom stereocenters. The number of hydrogen-bond donors (Lipinski definition) is 1. The minimum atomic E-state index is -0.0711. The van der Waals surface area contributed by atoms with Gasteiger partial charge < -0.3 is 19.7 Å². The van der Waals surface area contributed by atoms with Crippen molar-refractivity contribution in [3.05, 3.63) is 88.4 Å². The molecule has 1 aliphatic heterocycles. The Labute approximate surface area is 216 Å². The van der Waals surface area contributed by atoms with E-state index in [0.29, 0.717) is 23.9 Å². The third-order valence-corrected chi connectivity index (χ3v) is 6.97. The highest BCUT2D eigenvalue weighted by atomic mass is 35.5. The maximum atomic E-state index is 13.4. The largest absolute Gasteiger partial charge is 0.454 e. The van der Waals surface area contributed by atoms with Crippen LogP contribution in [0.1, 0.15) is 42.4 Å². The Hall–Kier alpha value is -3.51. The Bertz CT molecular complexity index is 1240. The second-order valence-electron chi connectivity index (χ2n) is 9.34. The molecule has 2 aliphatic rings. The number of nitrogens with one attached hydrogen (secondary N) is 1.